The Balaban J connectivity index is 1.27. The number of carbonyl (C=O) groups is 3. The number of alkyl carbamates (subject to hydrolysis) is 1. The van der Waals surface area contributed by atoms with Gasteiger partial charge in [0.1, 0.15) is 12.7 Å². The molecule has 1 fully saturated rings. The van der Waals surface area contributed by atoms with Crippen LogP contribution in [0.25, 0.3) is 11.1 Å². The van der Waals surface area contributed by atoms with Crippen LogP contribution in [-0.2, 0) is 19.1 Å². The van der Waals surface area contributed by atoms with Crippen molar-refractivity contribution in [2.24, 2.45) is 5.92 Å². The fraction of sp³-hybridized carbons (Fsp3) is 0.423. The van der Waals surface area contributed by atoms with Crippen LogP contribution in [0.1, 0.15) is 36.3 Å². The number of fused-ring (bicyclic) bond motifs is 3. The van der Waals surface area contributed by atoms with Gasteiger partial charge in [-0.15, -0.1) is 0 Å². The lowest BCUT2D eigenvalue weighted by Gasteiger charge is -2.33. The van der Waals surface area contributed by atoms with E-state index in [0.717, 1.165) is 22.3 Å². The first-order valence-corrected chi connectivity index (χ1v) is 11.6. The van der Waals surface area contributed by atoms with Crippen LogP contribution in [0.4, 0.5) is 4.79 Å². The molecule has 0 bridgehead atoms. The lowest BCUT2D eigenvalue weighted by Crippen LogP contribution is -2.47. The minimum absolute atomic E-state index is 0.0206. The van der Waals surface area contributed by atoms with Crippen LogP contribution in [-0.4, -0.2) is 67.4 Å². The molecule has 1 saturated heterocycles. The molecular weight excluding hydrogens is 436 g/mol. The van der Waals surface area contributed by atoms with Gasteiger partial charge in [0.25, 0.3) is 5.91 Å². The maximum absolute atomic E-state index is 12.8. The van der Waals surface area contributed by atoms with E-state index in [2.05, 4.69) is 29.6 Å². The summed E-state index contributed by atoms with van der Waals surface area (Å²) in [4.78, 5) is 37.9. The maximum atomic E-state index is 12.8. The number of nitrogens with zero attached hydrogens (tertiary/aromatic N) is 1. The second kappa shape index (κ2) is 10.7. The van der Waals surface area contributed by atoms with E-state index in [9.17, 15) is 19.5 Å². The molecule has 34 heavy (non-hydrogen) atoms. The Kier molecular flexibility index (Phi) is 7.47. The normalized spacial score (nSPS) is 18.0. The van der Waals surface area contributed by atoms with Crippen molar-refractivity contribution in [3.63, 3.8) is 0 Å². The van der Waals surface area contributed by atoms with Crippen LogP contribution in [0, 0.1) is 5.92 Å². The lowest BCUT2D eigenvalue weighted by atomic mass is 9.97. The molecule has 8 nitrogen and oxygen atoms in total. The number of ether oxygens (including phenoxy) is 2. The van der Waals surface area contributed by atoms with Crippen LogP contribution < -0.4 is 5.32 Å². The van der Waals surface area contributed by atoms with Crippen molar-refractivity contribution >= 4 is 18.0 Å². The standard InChI is InChI=1S/C26H30N2O6/c1-33-23(24(29)28-14-6-7-17(15-28)25(30)31)12-13-27-26(32)34-16-22-20-10-4-2-8-18(20)19-9-3-5-11-21(19)22/h2-5,8-11,17,22-23H,6-7,12-16H2,1H3,(H,27,32)(H,30,31)/t17-,23?/m1/s1. The number of carboxylic acids is 1. The van der Waals surface area contributed by atoms with Gasteiger partial charge < -0.3 is 24.8 Å². The molecule has 2 amide bonds. The molecule has 0 spiro atoms. The van der Waals surface area contributed by atoms with E-state index in [0.29, 0.717) is 19.4 Å². The first-order valence-electron chi connectivity index (χ1n) is 11.6. The quantitative estimate of drug-likeness (QED) is 0.619. The summed E-state index contributed by atoms with van der Waals surface area (Å²) in [6.07, 6.45) is 0.194. The SMILES string of the molecule is COC(CCNC(=O)OCC1c2ccccc2-c2ccccc21)C(=O)N1CCC[C@@H](C(=O)O)C1. The summed E-state index contributed by atoms with van der Waals surface area (Å²) < 4.78 is 10.9. The zero-order valence-electron chi connectivity index (χ0n) is 19.2. The van der Waals surface area contributed by atoms with E-state index < -0.39 is 24.1 Å². The van der Waals surface area contributed by atoms with Crippen molar-refractivity contribution in [1.29, 1.82) is 0 Å². The second-order valence-corrected chi connectivity index (χ2v) is 8.73. The van der Waals surface area contributed by atoms with Crippen molar-refractivity contribution in [3.8, 4) is 11.1 Å². The Bertz CT molecular complexity index is 1010. The number of likely N-dealkylation sites (tertiary alicyclic amines) is 1. The number of methoxy groups -OCH3 is 1. The van der Waals surface area contributed by atoms with Gasteiger partial charge >= 0.3 is 12.1 Å². The van der Waals surface area contributed by atoms with Gasteiger partial charge in [-0.2, -0.15) is 0 Å². The Labute approximate surface area is 198 Å². The van der Waals surface area contributed by atoms with E-state index in [4.69, 9.17) is 9.47 Å². The van der Waals surface area contributed by atoms with Gasteiger partial charge in [-0.3, -0.25) is 9.59 Å². The molecule has 4 rings (SSSR count). The number of hydrogen-bond acceptors (Lipinski definition) is 5. The number of hydrogen-bond donors (Lipinski definition) is 2. The molecule has 2 aliphatic rings. The van der Waals surface area contributed by atoms with E-state index >= 15 is 0 Å². The number of aliphatic carboxylic acids is 1. The lowest BCUT2D eigenvalue weighted by molar-refractivity contribution is -0.149. The smallest absolute Gasteiger partial charge is 0.407 e. The van der Waals surface area contributed by atoms with E-state index in [1.54, 1.807) is 4.90 Å². The Morgan fingerprint density at radius 2 is 1.74 bits per heavy atom. The molecule has 2 N–H and O–H groups in total. The van der Waals surface area contributed by atoms with Crippen LogP contribution in [0.15, 0.2) is 48.5 Å². The second-order valence-electron chi connectivity index (χ2n) is 8.73. The number of carbonyl (C=O) groups excluding carboxylic acids is 2. The van der Waals surface area contributed by atoms with Crippen LogP contribution in [0.5, 0.6) is 0 Å². The van der Waals surface area contributed by atoms with Gasteiger partial charge in [0.15, 0.2) is 0 Å². The van der Waals surface area contributed by atoms with Crippen LogP contribution in [0.2, 0.25) is 0 Å². The number of piperidine rings is 1. The largest absolute Gasteiger partial charge is 0.481 e. The zero-order chi connectivity index (χ0) is 24.1. The number of rotatable bonds is 8. The van der Waals surface area contributed by atoms with Gasteiger partial charge in [0, 0.05) is 39.1 Å². The highest BCUT2D eigenvalue weighted by Crippen LogP contribution is 2.44. The molecular formula is C26H30N2O6. The molecule has 1 aliphatic carbocycles. The summed E-state index contributed by atoms with van der Waals surface area (Å²) in [6.45, 7) is 1.13. The summed E-state index contributed by atoms with van der Waals surface area (Å²) in [5.41, 5.74) is 4.61. The van der Waals surface area contributed by atoms with Crippen molar-refractivity contribution in [3.05, 3.63) is 59.7 Å². The van der Waals surface area contributed by atoms with Crippen molar-refractivity contribution < 1.29 is 29.0 Å². The molecule has 2 aromatic carbocycles. The fourth-order valence-electron chi connectivity index (χ4n) is 4.88. The monoisotopic (exact) mass is 466 g/mol. The van der Waals surface area contributed by atoms with Gasteiger partial charge in [-0.25, -0.2) is 4.79 Å². The number of carboxylic acid groups (broad SMARTS) is 1. The first kappa shape index (κ1) is 23.8. The van der Waals surface area contributed by atoms with Crippen molar-refractivity contribution in [1.82, 2.24) is 10.2 Å². The average Bonchev–Trinajstić information content (AvgIpc) is 3.19. The van der Waals surface area contributed by atoms with Gasteiger partial charge in [-0.1, -0.05) is 48.5 Å². The molecule has 1 heterocycles. The molecule has 0 radical (unpaired) electrons. The Hall–Kier alpha value is -3.39. The Morgan fingerprint density at radius 3 is 2.35 bits per heavy atom. The predicted molar refractivity (Wildman–Crippen MR) is 125 cm³/mol. The predicted octanol–water partition coefficient (Wildman–Crippen LogP) is 3.25. The van der Waals surface area contributed by atoms with Crippen LogP contribution in [0.3, 0.4) is 0 Å². The molecule has 1 unspecified atom stereocenters. The van der Waals surface area contributed by atoms with Gasteiger partial charge in [0.05, 0.1) is 5.92 Å². The summed E-state index contributed by atoms with van der Waals surface area (Å²) in [6, 6.07) is 16.3. The summed E-state index contributed by atoms with van der Waals surface area (Å²) in [5.74, 6) is -1.70. The summed E-state index contributed by atoms with van der Waals surface area (Å²) >= 11 is 0. The molecule has 1 aliphatic heterocycles. The minimum Gasteiger partial charge on any atom is -0.481 e. The minimum atomic E-state index is -0.886. The fourth-order valence-corrected chi connectivity index (χ4v) is 4.88. The zero-order valence-corrected chi connectivity index (χ0v) is 19.2. The third-order valence-electron chi connectivity index (χ3n) is 6.66. The van der Waals surface area contributed by atoms with E-state index in [1.807, 2.05) is 24.3 Å². The molecule has 8 heteroatoms. The summed E-state index contributed by atoms with van der Waals surface area (Å²) in [5, 5.41) is 11.9. The number of amides is 2. The first-order chi connectivity index (χ1) is 16.5. The van der Waals surface area contributed by atoms with Gasteiger partial charge in [-0.05, 0) is 35.1 Å². The highest BCUT2D eigenvalue weighted by molar-refractivity contribution is 5.82. The maximum Gasteiger partial charge on any atom is 0.407 e. The molecule has 2 atom stereocenters. The topological polar surface area (TPSA) is 105 Å². The average molecular weight is 467 g/mol. The Morgan fingerprint density at radius 1 is 1.09 bits per heavy atom. The third-order valence-corrected chi connectivity index (χ3v) is 6.66. The molecule has 2 aromatic rings. The summed E-state index contributed by atoms with van der Waals surface area (Å²) in [7, 11) is 1.44. The van der Waals surface area contributed by atoms with Crippen LogP contribution >= 0.6 is 0 Å². The molecule has 0 saturated carbocycles. The highest BCUT2D eigenvalue weighted by Gasteiger charge is 2.32. The van der Waals surface area contributed by atoms with Crippen molar-refractivity contribution in [2.75, 3.05) is 33.4 Å². The third kappa shape index (κ3) is 5.07. The van der Waals surface area contributed by atoms with E-state index in [-0.39, 0.29) is 37.9 Å². The van der Waals surface area contributed by atoms with E-state index in [1.165, 1.54) is 7.11 Å². The molecule has 180 valence electrons. The van der Waals surface area contributed by atoms with Crippen molar-refractivity contribution in [2.45, 2.75) is 31.3 Å². The highest BCUT2D eigenvalue weighted by atomic mass is 16.5. The number of benzene rings is 2. The number of nitrogens with one attached hydrogen (secondary N) is 1. The van der Waals surface area contributed by atoms with Gasteiger partial charge in [0.2, 0.25) is 0 Å². The molecule has 0 aromatic heterocycles.